The summed E-state index contributed by atoms with van der Waals surface area (Å²) in [6.45, 7) is 2.26. The van der Waals surface area contributed by atoms with Crippen LogP contribution in [0.2, 0.25) is 0 Å². The molecule has 1 aromatic rings. The lowest BCUT2D eigenvalue weighted by Crippen LogP contribution is -2.19. The van der Waals surface area contributed by atoms with Gasteiger partial charge in [0, 0.05) is 17.8 Å². The van der Waals surface area contributed by atoms with Gasteiger partial charge in [-0.1, -0.05) is 84.0 Å². The van der Waals surface area contributed by atoms with Crippen LogP contribution in [0.4, 0.5) is 11.4 Å². The monoisotopic (exact) mass is 415 g/mol. The SMILES string of the molecule is CCCCCCCCCCCCCCCC1=NN(c2ccc([N+](=O)[O-])cc2)C(=O)C1. The number of hydrazone groups is 1. The molecule has 1 aliphatic heterocycles. The first-order valence-corrected chi connectivity index (χ1v) is 11.8. The number of nitro groups is 1. The Bertz CT molecular complexity index is 685. The smallest absolute Gasteiger partial charge is 0.269 e. The maximum absolute atomic E-state index is 12.2. The summed E-state index contributed by atoms with van der Waals surface area (Å²) in [5.74, 6) is -0.0615. The van der Waals surface area contributed by atoms with Crippen molar-refractivity contribution in [3.05, 3.63) is 34.4 Å². The second kappa shape index (κ2) is 13.9. The Morgan fingerprint density at radius 2 is 1.37 bits per heavy atom. The molecule has 0 radical (unpaired) electrons. The molecule has 2 rings (SSSR count). The summed E-state index contributed by atoms with van der Waals surface area (Å²) < 4.78 is 0. The highest BCUT2D eigenvalue weighted by Crippen LogP contribution is 2.24. The molecule has 1 heterocycles. The summed E-state index contributed by atoms with van der Waals surface area (Å²) in [6, 6.07) is 5.96. The van der Waals surface area contributed by atoms with Crippen LogP contribution in [0.15, 0.2) is 29.4 Å². The summed E-state index contributed by atoms with van der Waals surface area (Å²) in [6.07, 6.45) is 18.4. The molecular formula is C24H37N3O3. The number of unbranched alkanes of at least 4 members (excludes halogenated alkanes) is 12. The maximum Gasteiger partial charge on any atom is 0.269 e. The predicted octanol–water partition coefficient (Wildman–Crippen LogP) is 7.17. The fraction of sp³-hybridized carbons (Fsp3) is 0.667. The van der Waals surface area contributed by atoms with Crippen LogP contribution in [0.5, 0.6) is 0 Å². The van der Waals surface area contributed by atoms with Crippen LogP contribution >= 0.6 is 0 Å². The third kappa shape index (κ3) is 8.64. The van der Waals surface area contributed by atoms with E-state index in [2.05, 4.69) is 12.0 Å². The fourth-order valence-electron chi connectivity index (χ4n) is 3.88. The van der Waals surface area contributed by atoms with Gasteiger partial charge in [-0.2, -0.15) is 5.10 Å². The van der Waals surface area contributed by atoms with E-state index in [-0.39, 0.29) is 11.6 Å². The number of hydrogen-bond acceptors (Lipinski definition) is 4. The first-order chi connectivity index (χ1) is 14.6. The molecule has 0 atom stereocenters. The molecule has 6 heteroatoms. The zero-order valence-electron chi connectivity index (χ0n) is 18.5. The van der Waals surface area contributed by atoms with Gasteiger partial charge in [-0.25, -0.2) is 5.01 Å². The minimum absolute atomic E-state index is 0.0153. The Balaban J connectivity index is 1.54. The van der Waals surface area contributed by atoms with Gasteiger partial charge in [-0.05, 0) is 25.0 Å². The van der Waals surface area contributed by atoms with E-state index in [0.29, 0.717) is 12.1 Å². The van der Waals surface area contributed by atoms with E-state index < -0.39 is 4.92 Å². The number of carbonyl (C=O) groups excluding carboxylic acids is 1. The minimum Gasteiger partial charge on any atom is -0.272 e. The van der Waals surface area contributed by atoms with E-state index in [9.17, 15) is 14.9 Å². The van der Waals surface area contributed by atoms with E-state index in [1.54, 1.807) is 12.1 Å². The number of rotatable bonds is 16. The zero-order chi connectivity index (χ0) is 21.6. The van der Waals surface area contributed by atoms with E-state index in [1.165, 1.54) is 94.2 Å². The summed E-state index contributed by atoms with van der Waals surface area (Å²) >= 11 is 0. The van der Waals surface area contributed by atoms with Gasteiger partial charge in [-0.3, -0.25) is 14.9 Å². The van der Waals surface area contributed by atoms with Crippen molar-refractivity contribution in [3.63, 3.8) is 0 Å². The Morgan fingerprint density at radius 3 is 1.87 bits per heavy atom. The molecule has 0 saturated carbocycles. The first kappa shape index (κ1) is 24.0. The molecule has 0 aliphatic carbocycles. The minimum atomic E-state index is -0.446. The molecule has 0 fully saturated rings. The molecule has 0 aromatic heterocycles. The van der Waals surface area contributed by atoms with Crippen LogP contribution in [0.3, 0.4) is 0 Å². The molecular weight excluding hydrogens is 378 g/mol. The quantitative estimate of drug-likeness (QED) is 0.163. The molecule has 0 bridgehead atoms. The Hall–Kier alpha value is -2.24. The fourth-order valence-corrected chi connectivity index (χ4v) is 3.88. The van der Waals surface area contributed by atoms with Gasteiger partial charge in [0.1, 0.15) is 0 Å². The lowest BCUT2D eigenvalue weighted by atomic mass is 10.0. The van der Waals surface area contributed by atoms with Crippen molar-refractivity contribution in [2.75, 3.05) is 5.01 Å². The Kier molecular flexibility index (Phi) is 11.1. The van der Waals surface area contributed by atoms with E-state index in [0.717, 1.165) is 18.6 Å². The van der Waals surface area contributed by atoms with Crippen molar-refractivity contribution in [2.24, 2.45) is 5.10 Å². The standard InChI is InChI=1S/C24H37N3O3/c1-2-3-4-5-6-7-8-9-10-11-12-13-14-15-21-20-24(28)26(25-21)22-16-18-23(19-17-22)27(29)30/h16-19H,2-15,20H2,1H3. The van der Waals surface area contributed by atoms with E-state index in [1.807, 2.05) is 0 Å². The molecule has 166 valence electrons. The van der Waals surface area contributed by atoms with Gasteiger partial charge < -0.3 is 0 Å². The van der Waals surface area contributed by atoms with E-state index in [4.69, 9.17) is 0 Å². The normalized spacial score (nSPS) is 13.7. The number of amides is 1. The zero-order valence-corrected chi connectivity index (χ0v) is 18.5. The number of carbonyl (C=O) groups is 1. The van der Waals surface area contributed by atoms with Crippen LogP contribution in [0.25, 0.3) is 0 Å². The average Bonchev–Trinajstić information content (AvgIpc) is 3.12. The van der Waals surface area contributed by atoms with Gasteiger partial charge in [0.15, 0.2) is 0 Å². The molecule has 30 heavy (non-hydrogen) atoms. The lowest BCUT2D eigenvalue weighted by molar-refractivity contribution is -0.384. The largest absolute Gasteiger partial charge is 0.272 e. The topological polar surface area (TPSA) is 75.8 Å². The van der Waals surface area contributed by atoms with Gasteiger partial charge in [0.05, 0.1) is 17.0 Å². The average molecular weight is 416 g/mol. The van der Waals surface area contributed by atoms with Crippen molar-refractivity contribution in [1.82, 2.24) is 0 Å². The molecule has 0 spiro atoms. The van der Waals surface area contributed by atoms with Crippen molar-refractivity contribution in [2.45, 2.75) is 103 Å². The highest BCUT2D eigenvalue weighted by atomic mass is 16.6. The highest BCUT2D eigenvalue weighted by molar-refractivity contribution is 6.12. The molecule has 1 aliphatic rings. The van der Waals surface area contributed by atoms with Gasteiger partial charge >= 0.3 is 0 Å². The van der Waals surface area contributed by atoms with Gasteiger partial charge in [0.25, 0.3) is 11.6 Å². The predicted molar refractivity (Wildman–Crippen MR) is 123 cm³/mol. The van der Waals surface area contributed by atoms with Crippen LogP contribution in [0.1, 0.15) is 103 Å². The third-order valence-electron chi connectivity index (χ3n) is 5.71. The summed E-state index contributed by atoms with van der Waals surface area (Å²) in [5.41, 5.74) is 1.52. The first-order valence-electron chi connectivity index (χ1n) is 11.8. The van der Waals surface area contributed by atoms with Crippen molar-refractivity contribution < 1.29 is 9.72 Å². The Labute approximate surface area is 180 Å². The Morgan fingerprint density at radius 1 is 0.867 bits per heavy atom. The second-order valence-corrected chi connectivity index (χ2v) is 8.31. The van der Waals surface area contributed by atoms with Crippen LogP contribution < -0.4 is 5.01 Å². The summed E-state index contributed by atoms with van der Waals surface area (Å²) in [4.78, 5) is 22.5. The number of non-ortho nitro benzene ring substituents is 1. The lowest BCUT2D eigenvalue weighted by Gasteiger charge is -2.10. The second-order valence-electron chi connectivity index (χ2n) is 8.31. The van der Waals surface area contributed by atoms with Gasteiger partial charge in [-0.15, -0.1) is 0 Å². The third-order valence-corrected chi connectivity index (χ3v) is 5.71. The van der Waals surface area contributed by atoms with Crippen LogP contribution in [0, 0.1) is 10.1 Å². The number of anilines is 1. The molecule has 0 unspecified atom stereocenters. The number of nitro benzene ring substituents is 1. The van der Waals surface area contributed by atoms with E-state index >= 15 is 0 Å². The summed E-state index contributed by atoms with van der Waals surface area (Å²) in [5, 5.41) is 16.6. The number of nitrogens with zero attached hydrogens (tertiary/aromatic N) is 3. The molecule has 0 saturated heterocycles. The van der Waals surface area contributed by atoms with Gasteiger partial charge in [0.2, 0.25) is 0 Å². The number of benzene rings is 1. The maximum atomic E-state index is 12.2. The van der Waals surface area contributed by atoms with Crippen molar-refractivity contribution in [1.29, 1.82) is 0 Å². The molecule has 1 aromatic carbocycles. The molecule has 6 nitrogen and oxygen atoms in total. The summed E-state index contributed by atoms with van der Waals surface area (Å²) in [7, 11) is 0. The van der Waals surface area contributed by atoms with Crippen molar-refractivity contribution in [3.8, 4) is 0 Å². The molecule has 0 N–H and O–H groups in total. The van der Waals surface area contributed by atoms with Crippen LogP contribution in [-0.4, -0.2) is 16.5 Å². The molecule has 1 amide bonds. The van der Waals surface area contributed by atoms with Crippen LogP contribution in [-0.2, 0) is 4.79 Å². The van der Waals surface area contributed by atoms with Crippen molar-refractivity contribution >= 4 is 23.0 Å². The number of hydrogen-bond donors (Lipinski definition) is 0. The highest BCUT2D eigenvalue weighted by Gasteiger charge is 2.25.